The maximum Gasteiger partial charge on any atom is 0.352 e. The second-order valence-electron chi connectivity index (χ2n) is 9.32. The maximum atomic E-state index is 13.1. The van der Waals surface area contributed by atoms with Gasteiger partial charge in [0.05, 0.1) is 0 Å². The number of benzene rings is 1. The number of nitrogen functional groups attached to an aromatic ring is 1. The van der Waals surface area contributed by atoms with E-state index in [1.807, 2.05) is 0 Å². The van der Waals surface area contributed by atoms with Gasteiger partial charge in [0.2, 0.25) is 5.89 Å². The standard InChI is InChI=1S/C26H23N7O10S3/c1-10(34)41-15-5-4-12(6-16(15)42-11(2)35)21-30-31-26(43-21)46-8-13-7-44-23-18(22(37)33(23)19(13)24(38)39)29-20(36)17(32-40-3)14-9-45-25(27)28-14/h4-6,9,18,23H,7-8H2,1-3H3,(H2,27,28)(H,29,36)(H,38,39)/t18-,23+/m1/s1. The van der Waals surface area contributed by atoms with Gasteiger partial charge in [-0.25, -0.2) is 9.78 Å². The van der Waals surface area contributed by atoms with Crippen LogP contribution in [-0.4, -0.2) is 90.7 Å². The van der Waals surface area contributed by atoms with Crippen molar-refractivity contribution < 1.29 is 47.8 Å². The van der Waals surface area contributed by atoms with Gasteiger partial charge >= 0.3 is 17.9 Å². The Morgan fingerprint density at radius 1 is 1.20 bits per heavy atom. The molecule has 1 saturated heterocycles. The Kier molecular flexibility index (Phi) is 9.58. The molecule has 3 aromatic rings. The monoisotopic (exact) mass is 689 g/mol. The lowest BCUT2D eigenvalue weighted by atomic mass is 10.0. The topological polar surface area (TPSA) is 239 Å². The fourth-order valence-electron chi connectivity index (χ4n) is 4.34. The predicted octanol–water partition coefficient (Wildman–Crippen LogP) is 1.51. The van der Waals surface area contributed by atoms with Crippen molar-refractivity contribution in [1.29, 1.82) is 0 Å². The summed E-state index contributed by atoms with van der Waals surface area (Å²) in [5, 5.41) is 25.4. The van der Waals surface area contributed by atoms with Gasteiger partial charge in [-0.05, 0) is 23.8 Å². The first-order valence-corrected chi connectivity index (χ1v) is 15.9. The number of ether oxygens (including phenoxy) is 2. The fraction of sp³-hybridized carbons (Fsp3) is 0.269. The van der Waals surface area contributed by atoms with Gasteiger partial charge < -0.3 is 34.9 Å². The highest BCUT2D eigenvalue weighted by Crippen LogP contribution is 2.42. The molecule has 1 aromatic carbocycles. The van der Waals surface area contributed by atoms with Crippen LogP contribution < -0.4 is 20.5 Å². The maximum absolute atomic E-state index is 13.1. The van der Waals surface area contributed by atoms with Crippen molar-refractivity contribution in [3.05, 3.63) is 40.5 Å². The second kappa shape index (κ2) is 13.6. The molecule has 0 saturated carbocycles. The molecule has 2 aliphatic rings. The molecule has 0 spiro atoms. The predicted molar refractivity (Wildman–Crippen MR) is 163 cm³/mol. The van der Waals surface area contributed by atoms with E-state index in [-0.39, 0.29) is 56.4 Å². The first-order chi connectivity index (χ1) is 22.0. The first kappa shape index (κ1) is 32.4. The van der Waals surface area contributed by atoms with Crippen molar-refractivity contribution in [2.75, 3.05) is 24.3 Å². The van der Waals surface area contributed by atoms with Crippen LogP contribution in [0.15, 0.2) is 49.6 Å². The van der Waals surface area contributed by atoms with E-state index in [2.05, 4.69) is 25.7 Å². The Balaban J connectivity index is 1.28. The summed E-state index contributed by atoms with van der Waals surface area (Å²) in [6, 6.07) is 3.32. The van der Waals surface area contributed by atoms with Crippen LogP contribution in [0.2, 0.25) is 0 Å². The van der Waals surface area contributed by atoms with E-state index in [0.717, 1.165) is 28.0 Å². The van der Waals surface area contributed by atoms with Crippen LogP contribution in [0.5, 0.6) is 11.5 Å². The largest absolute Gasteiger partial charge is 0.477 e. The quantitative estimate of drug-likeness (QED) is 0.0645. The van der Waals surface area contributed by atoms with E-state index in [1.54, 1.807) is 0 Å². The van der Waals surface area contributed by atoms with E-state index in [0.29, 0.717) is 11.1 Å². The number of oxime groups is 1. The van der Waals surface area contributed by atoms with Crippen LogP contribution >= 0.6 is 34.9 Å². The van der Waals surface area contributed by atoms with Crippen LogP contribution in [0.3, 0.4) is 0 Å². The zero-order valence-corrected chi connectivity index (χ0v) is 26.5. The highest BCUT2D eigenvalue weighted by molar-refractivity contribution is 8.01. The number of aliphatic carboxylic acids is 1. The van der Waals surface area contributed by atoms with E-state index < -0.39 is 41.1 Å². The SMILES string of the molecule is CON=C(C(=O)N[C@@H]1C(=O)N2C(C(=O)O)=C(CSc3nnc(-c4ccc(OC(C)=O)c(OC(C)=O)c4)o3)CS[C@@H]12)c1csc(N)n1. The highest BCUT2D eigenvalue weighted by atomic mass is 32.2. The number of anilines is 1. The number of fused-ring (bicyclic) bond motifs is 1. The zero-order chi connectivity index (χ0) is 33.1. The van der Waals surface area contributed by atoms with Gasteiger partial charge in [0, 0.05) is 36.3 Å². The lowest BCUT2D eigenvalue weighted by molar-refractivity contribution is -0.150. The number of aromatic nitrogens is 3. The van der Waals surface area contributed by atoms with Crippen molar-refractivity contribution in [2.45, 2.75) is 30.5 Å². The van der Waals surface area contributed by atoms with Gasteiger partial charge in [-0.2, -0.15) is 0 Å². The van der Waals surface area contributed by atoms with Crippen LogP contribution in [-0.2, 0) is 28.8 Å². The molecule has 240 valence electrons. The molecule has 1 fully saturated rings. The average Bonchev–Trinajstić information content (AvgIpc) is 3.66. The molecule has 0 unspecified atom stereocenters. The molecular weight excluding hydrogens is 667 g/mol. The number of rotatable bonds is 11. The Bertz CT molecular complexity index is 1800. The van der Waals surface area contributed by atoms with Gasteiger partial charge in [-0.1, -0.05) is 16.9 Å². The number of nitrogens with two attached hydrogens (primary N) is 1. The molecule has 2 atom stereocenters. The molecule has 2 aliphatic heterocycles. The molecule has 17 nitrogen and oxygen atoms in total. The summed E-state index contributed by atoms with van der Waals surface area (Å²) in [5.41, 5.74) is 6.24. The molecule has 4 heterocycles. The molecule has 2 amide bonds. The third-order valence-corrected chi connectivity index (χ3v) is 9.09. The number of thioether (sulfide) groups is 2. The summed E-state index contributed by atoms with van der Waals surface area (Å²) in [4.78, 5) is 71.2. The van der Waals surface area contributed by atoms with Crippen molar-refractivity contribution in [2.24, 2.45) is 5.16 Å². The van der Waals surface area contributed by atoms with Crippen molar-refractivity contribution in [3.63, 3.8) is 0 Å². The summed E-state index contributed by atoms with van der Waals surface area (Å²) >= 11 is 3.43. The van der Waals surface area contributed by atoms with Crippen molar-refractivity contribution >= 4 is 75.4 Å². The summed E-state index contributed by atoms with van der Waals surface area (Å²) in [7, 11) is 1.25. The lowest BCUT2D eigenvalue weighted by Gasteiger charge is -2.49. The molecular formula is C26H23N7O10S3. The molecule has 2 aromatic heterocycles. The smallest absolute Gasteiger partial charge is 0.352 e. The Morgan fingerprint density at radius 3 is 2.59 bits per heavy atom. The third kappa shape index (κ3) is 6.82. The van der Waals surface area contributed by atoms with Crippen LogP contribution in [0, 0.1) is 0 Å². The van der Waals surface area contributed by atoms with E-state index in [9.17, 15) is 29.1 Å². The van der Waals surface area contributed by atoms with Gasteiger partial charge in [0.1, 0.15) is 29.9 Å². The van der Waals surface area contributed by atoms with Crippen LogP contribution in [0.1, 0.15) is 19.5 Å². The average molecular weight is 690 g/mol. The number of hydrogen-bond acceptors (Lipinski definition) is 17. The fourth-order valence-corrected chi connectivity index (χ4v) is 7.14. The van der Waals surface area contributed by atoms with E-state index in [1.165, 1.54) is 56.3 Å². The summed E-state index contributed by atoms with van der Waals surface area (Å²) in [6.07, 6.45) is 0. The van der Waals surface area contributed by atoms with Gasteiger partial charge in [-0.15, -0.1) is 33.3 Å². The minimum absolute atomic E-state index is 0.0253. The zero-order valence-electron chi connectivity index (χ0n) is 24.0. The number of nitrogens with one attached hydrogen (secondary N) is 1. The number of β-lactam (4-membered cyclic amide) rings is 1. The number of carbonyl (C=O) groups is 5. The molecule has 20 heteroatoms. The summed E-state index contributed by atoms with van der Waals surface area (Å²) in [5.74, 6) is -3.50. The first-order valence-electron chi connectivity index (χ1n) is 13.0. The third-order valence-electron chi connectivity index (χ3n) is 6.17. The molecule has 0 aliphatic carbocycles. The number of hydrogen-bond donors (Lipinski definition) is 3. The van der Waals surface area contributed by atoms with E-state index >= 15 is 0 Å². The molecule has 4 N–H and O–H groups in total. The molecule has 5 rings (SSSR count). The lowest BCUT2D eigenvalue weighted by Crippen LogP contribution is -2.71. The van der Waals surface area contributed by atoms with Crippen molar-refractivity contribution in [1.82, 2.24) is 25.4 Å². The van der Waals surface area contributed by atoms with Crippen molar-refractivity contribution in [3.8, 4) is 23.0 Å². The van der Waals surface area contributed by atoms with Gasteiger partial charge in [-0.3, -0.25) is 24.1 Å². The van der Waals surface area contributed by atoms with Crippen LogP contribution in [0.4, 0.5) is 5.13 Å². The van der Waals surface area contributed by atoms with Gasteiger partial charge in [0.25, 0.3) is 17.0 Å². The molecule has 0 radical (unpaired) electrons. The Labute approximate surface area is 271 Å². The van der Waals surface area contributed by atoms with Crippen LogP contribution in [0.25, 0.3) is 11.5 Å². The minimum atomic E-state index is -1.31. The number of carbonyl (C=O) groups excluding carboxylic acids is 4. The number of amides is 2. The summed E-state index contributed by atoms with van der Waals surface area (Å²) < 4.78 is 15.9. The molecule has 0 bridgehead atoms. The number of carboxylic acid groups (broad SMARTS) is 1. The number of nitrogens with zero attached hydrogens (tertiary/aromatic N) is 5. The summed E-state index contributed by atoms with van der Waals surface area (Å²) in [6.45, 7) is 2.39. The normalized spacial score (nSPS) is 17.6. The Morgan fingerprint density at radius 2 is 1.93 bits per heavy atom. The number of esters is 2. The van der Waals surface area contributed by atoms with Gasteiger partial charge in [0.15, 0.2) is 22.3 Å². The number of carboxylic acids is 1. The highest BCUT2D eigenvalue weighted by Gasteiger charge is 2.54. The minimum Gasteiger partial charge on any atom is -0.477 e. The molecule has 46 heavy (non-hydrogen) atoms. The Hall–Kier alpha value is -4.95. The van der Waals surface area contributed by atoms with E-state index in [4.69, 9.17) is 24.5 Å². The number of thiazole rings is 1. The second-order valence-corrected chi connectivity index (χ2v) is 12.2.